The van der Waals surface area contributed by atoms with Gasteiger partial charge in [0.25, 0.3) is 5.91 Å². The molecule has 7 heteroatoms. The molecule has 1 amide bonds. The zero-order chi connectivity index (χ0) is 23.5. The number of thioether (sulfide) groups is 1. The molecule has 0 radical (unpaired) electrons. The molecule has 2 aromatic carbocycles. The highest BCUT2D eigenvalue weighted by molar-refractivity contribution is 8.26. The fraction of sp³-hybridized carbons (Fsp3) is 0.269. The van der Waals surface area contributed by atoms with Gasteiger partial charge in [0.05, 0.1) is 22.4 Å². The second-order valence-electron chi connectivity index (χ2n) is 8.21. The quantitative estimate of drug-likeness (QED) is 0.294. The molecule has 5 nitrogen and oxygen atoms in total. The lowest BCUT2D eigenvalue weighted by molar-refractivity contribution is -0.123. The molecule has 1 fully saturated rings. The van der Waals surface area contributed by atoms with E-state index in [9.17, 15) is 4.79 Å². The van der Waals surface area contributed by atoms with Gasteiger partial charge in [0.1, 0.15) is 10.1 Å². The Morgan fingerprint density at radius 2 is 1.79 bits per heavy atom. The van der Waals surface area contributed by atoms with Gasteiger partial charge in [-0.25, -0.2) is 4.68 Å². The van der Waals surface area contributed by atoms with Crippen LogP contribution >= 0.6 is 24.0 Å². The average molecular weight is 478 g/mol. The van der Waals surface area contributed by atoms with Gasteiger partial charge in [-0.1, -0.05) is 49.1 Å². The Hall–Kier alpha value is -2.90. The number of carbonyl (C=O) groups is 1. The number of rotatable bonds is 7. The highest BCUT2D eigenvalue weighted by Crippen LogP contribution is 2.36. The second kappa shape index (κ2) is 9.93. The van der Waals surface area contributed by atoms with Crippen LogP contribution in [0.5, 0.6) is 5.75 Å². The van der Waals surface area contributed by atoms with Crippen molar-refractivity contribution in [2.45, 2.75) is 46.3 Å². The van der Waals surface area contributed by atoms with Crippen molar-refractivity contribution >= 4 is 40.3 Å². The largest absolute Gasteiger partial charge is 0.491 e. The summed E-state index contributed by atoms with van der Waals surface area (Å²) in [5.41, 5.74) is 3.56. The van der Waals surface area contributed by atoms with E-state index in [1.165, 1.54) is 11.8 Å². The third-order valence-corrected chi connectivity index (χ3v) is 6.73. The number of amides is 1. The third kappa shape index (κ3) is 5.04. The number of ether oxygens (including phenoxy) is 1. The summed E-state index contributed by atoms with van der Waals surface area (Å²) in [5, 5.41) is 4.86. The van der Waals surface area contributed by atoms with Gasteiger partial charge in [-0.3, -0.25) is 9.69 Å². The van der Waals surface area contributed by atoms with Crippen LogP contribution in [0, 0.1) is 0 Å². The Kier molecular flexibility index (Phi) is 7.00. The summed E-state index contributed by atoms with van der Waals surface area (Å²) < 4.78 is 8.23. The van der Waals surface area contributed by atoms with E-state index in [4.69, 9.17) is 22.1 Å². The van der Waals surface area contributed by atoms with Gasteiger partial charge in [0.2, 0.25) is 0 Å². The number of hydrogen-bond acceptors (Lipinski definition) is 5. The van der Waals surface area contributed by atoms with Crippen LogP contribution in [0.15, 0.2) is 65.7 Å². The molecule has 0 N–H and O–H groups in total. The maximum atomic E-state index is 13.1. The molecule has 0 bridgehead atoms. The molecule has 0 aliphatic carbocycles. The molecule has 3 aromatic rings. The molecule has 1 aliphatic rings. The lowest BCUT2D eigenvalue weighted by atomic mass is 10.1. The van der Waals surface area contributed by atoms with E-state index < -0.39 is 0 Å². The molecule has 1 aromatic heterocycles. The Balaban J connectivity index is 1.76. The maximum Gasteiger partial charge on any atom is 0.266 e. The molecule has 0 saturated carbocycles. The van der Waals surface area contributed by atoms with Gasteiger partial charge in [0.15, 0.2) is 0 Å². The standard InChI is InChI=1S/C26H27N3O2S2/c1-5-18(4)29-25(30)23(33-26(29)32)15-20-16-28(21-9-7-6-8-10-21)27-24(20)19-11-13-22(14-12-19)31-17(2)3/h6-18H,5H2,1-4H3/b23-15+. The van der Waals surface area contributed by atoms with Crippen LogP contribution in [-0.4, -0.2) is 37.1 Å². The number of thiocarbonyl (C=S) groups is 1. The van der Waals surface area contributed by atoms with Crippen molar-refractivity contribution in [1.29, 1.82) is 0 Å². The van der Waals surface area contributed by atoms with E-state index in [-0.39, 0.29) is 18.1 Å². The SMILES string of the molecule is CCC(C)N1C(=O)/C(=C\c2cn(-c3ccccc3)nc2-c2ccc(OC(C)C)cc2)SC1=S. The molecule has 4 rings (SSSR count). The molecule has 1 saturated heterocycles. The lowest BCUT2D eigenvalue weighted by Crippen LogP contribution is -2.36. The number of hydrogen-bond donors (Lipinski definition) is 0. The van der Waals surface area contributed by atoms with Gasteiger partial charge >= 0.3 is 0 Å². The first-order chi connectivity index (χ1) is 15.9. The zero-order valence-corrected chi connectivity index (χ0v) is 20.8. The van der Waals surface area contributed by atoms with Crippen molar-refractivity contribution in [2.24, 2.45) is 0 Å². The van der Waals surface area contributed by atoms with E-state index in [0.717, 1.165) is 34.7 Å². The summed E-state index contributed by atoms with van der Waals surface area (Å²) in [4.78, 5) is 15.4. The molecule has 1 atom stereocenters. The molecule has 33 heavy (non-hydrogen) atoms. The van der Waals surface area contributed by atoms with E-state index in [2.05, 4.69) is 6.92 Å². The predicted octanol–water partition coefficient (Wildman–Crippen LogP) is 6.33. The Labute approximate surface area is 204 Å². The first-order valence-electron chi connectivity index (χ1n) is 11.1. The van der Waals surface area contributed by atoms with Crippen molar-refractivity contribution in [1.82, 2.24) is 14.7 Å². The van der Waals surface area contributed by atoms with Crippen LogP contribution < -0.4 is 4.74 Å². The molecule has 1 aliphatic heterocycles. The minimum Gasteiger partial charge on any atom is -0.491 e. The number of benzene rings is 2. The predicted molar refractivity (Wildman–Crippen MR) is 140 cm³/mol. The van der Waals surface area contributed by atoms with Crippen LogP contribution in [0.25, 0.3) is 23.0 Å². The fourth-order valence-electron chi connectivity index (χ4n) is 3.58. The summed E-state index contributed by atoms with van der Waals surface area (Å²) in [6.07, 6.45) is 4.82. The molecular weight excluding hydrogens is 450 g/mol. The van der Waals surface area contributed by atoms with Gasteiger partial charge in [-0.05, 0) is 69.7 Å². The number of aromatic nitrogens is 2. The minimum atomic E-state index is -0.0431. The topological polar surface area (TPSA) is 47.4 Å². The summed E-state index contributed by atoms with van der Waals surface area (Å²) in [7, 11) is 0. The average Bonchev–Trinajstić information content (AvgIpc) is 3.35. The zero-order valence-electron chi connectivity index (χ0n) is 19.2. The smallest absolute Gasteiger partial charge is 0.266 e. The van der Waals surface area contributed by atoms with Gasteiger partial charge in [-0.15, -0.1) is 0 Å². The van der Waals surface area contributed by atoms with E-state index >= 15 is 0 Å². The highest BCUT2D eigenvalue weighted by atomic mass is 32.2. The molecule has 1 unspecified atom stereocenters. The summed E-state index contributed by atoms with van der Waals surface area (Å²) in [6, 6.07) is 17.9. The number of nitrogens with zero attached hydrogens (tertiary/aromatic N) is 3. The second-order valence-corrected chi connectivity index (χ2v) is 9.89. The van der Waals surface area contributed by atoms with Crippen LogP contribution in [0.3, 0.4) is 0 Å². The third-order valence-electron chi connectivity index (χ3n) is 5.40. The van der Waals surface area contributed by atoms with Crippen LogP contribution in [0.1, 0.15) is 39.7 Å². The Bertz CT molecular complexity index is 1180. The normalized spacial score (nSPS) is 16.2. The molecule has 2 heterocycles. The van der Waals surface area contributed by atoms with Crippen molar-refractivity contribution < 1.29 is 9.53 Å². The van der Waals surface area contributed by atoms with Crippen molar-refractivity contribution in [3.05, 3.63) is 71.3 Å². The van der Waals surface area contributed by atoms with Gasteiger partial charge in [0, 0.05) is 23.4 Å². The highest BCUT2D eigenvalue weighted by Gasteiger charge is 2.35. The van der Waals surface area contributed by atoms with E-state index in [1.807, 2.05) is 92.3 Å². The monoisotopic (exact) mass is 477 g/mol. The molecule has 0 spiro atoms. The van der Waals surface area contributed by atoms with Crippen LogP contribution in [0.4, 0.5) is 0 Å². The Morgan fingerprint density at radius 3 is 2.42 bits per heavy atom. The molecular formula is C26H27N3O2S2. The summed E-state index contributed by atoms with van der Waals surface area (Å²) >= 11 is 6.85. The summed E-state index contributed by atoms with van der Waals surface area (Å²) in [6.45, 7) is 8.08. The van der Waals surface area contributed by atoms with E-state index in [1.54, 1.807) is 4.90 Å². The van der Waals surface area contributed by atoms with Crippen molar-refractivity contribution in [3.8, 4) is 22.7 Å². The van der Waals surface area contributed by atoms with E-state index in [0.29, 0.717) is 9.23 Å². The fourth-order valence-corrected chi connectivity index (χ4v) is 5.03. The first kappa shape index (κ1) is 23.3. The number of para-hydroxylation sites is 1. The van der Waals surface area contributed by atoms with Gasteiger partial charge in [-0.2, -0.15) is 5.10 Å². The van der Waals surface area contributed by atoms with Crippen LogP contribution in [-0.2, 0) is 4.79 Å². The van der Waals surface area contributed by atoms with Crippen molar-refractivity contribution in [2.75, 3.05) is 0 Å². The Morgan fingerprint density at radius 1 is 1.09 bits per heavy atom. The maximum absolute atomic E-state index is 13.1. The minimum absolute atomic E-state index is 0.0431. The summed E-state index contributed by atoms with van der Waals surface area (Å²) in [5.74, 6) is 0.769. The van der Waals surface area contributed by atoms with Crippen molar-refractivity contribution in [3.63, 3.8) is 0 Å². The lowest BCUT2D eigenvalue weighted by Gasteiger charge is -2.21. The molecule has 170 valence electrons. The van der Waals surface area contributed by atoms with Crippen LogP contribution in [0.2, 0.25) is 0 Å². The van der Waals surface area contributed by atoms with Gasteiger partial charge < -0.3 is 4.74 Å². The first-order valence-corrected chi connectivity index (χ1v) is 12.3. The number of carbonyl (C=O) groups excluding carboxylic acids is 1.